The molecule has 0 N–H and O–H groups in total. The van der Waals surface area contributed by atoms with E-state index in [0.29, 0.717) is 6.61 Å². The molecule has 2 aromatic rings. The molecule has 3 heteroatoms. The van der Waals surface area contributed by atoms with Gasteiger partial charge in [-0.3, -0.25) is 4.98 Å². The van der Waals surface area contributed by atoms with Crippen molar-refractivity contribution in [2.24, 2.45) is 0 Å². The second-order valence-electron chi connectivity index (χ2n) is 3.03. The van der Waals surface area contributed by atoms with Crippen LogP contribution >= 0.6 is 15.9 Å². The molecule has 0 aliphatic rings. The minimum Gasteiger partial charge on any atom is -0.380 e. The highest BCUT2D eigenvalue weighted by molar-refractivity contribution is 9.10. The molecule has 0 aliphatic heterocycles. The molecule has 0 fully saturated rings. The van der Waals surface area contributed by atoms with Crippen LogP contribution in [-0.2, 0) is 11.3 Å². The van der Waals surface area contributed by atoms with Crippen LogP contribution in [0.1, 0.15) is 5.56 Å². The Morgan fingerprint density at radius 2 is 2.21 bits per heavy atom. The van der Waals surface area contributed by atoms with Gasteiger partial charge in [-0.05, 0) is 12.1 Å². The first-order valence-electron chi connectivity index (χ1n) is 4.34. The van der Waals surface area contributed by atoms with Gasteiger partial charge in [-0.25, -0.2) is 0 Å². The summed E-state index contributed by atoms with van der Waals surface area (Å²) >= 11 is 3.50. The van der Waals surface area contributed by atoms with Crippen LogP contribution in [0.2, 0.25) is 0 Å². The fourth-order valence-electron chi connectivity index (χ4n) is 1.46. The summed E-state index contributed by atoms with van der Waals surface area (Å²) in [6, 6.07) is 8.06. The van der Waals surface area contributed by atoms with Crippen LogP contribution in [0.3, 0.4) is 0 Å². The predicted octanol–water partition coefficient (Wildman–Crippen LogP) is 3.14. The molecular weight excluding hydrogens is 242 g/mol. The molecule has 0 spiro atoms. The number of rotatable bonds is 2. The quantitative estimate of drug-likeness (QED) is 0.819. The number of nitrogens with zero attached hydrogens (tertiary/aromatic N) is 1. The highest BCUT2D eigenvalue weighted by atomic mass is 79.9. The molecule has 2 nitrogen and oxygen atoms in total. The van der Waals surface area contributed by atoms with E-state index in [-0.39, 0.29) is 0 Å². The molecular formula is C11H10BrNO. The van der Waals surface area contributed by atoms with Crippen molar-refractivity contribution in [2.75, 3.05) is 7.11 Å². The predicted molar refractivity (Wildman–Crippen MR) is 60.2 cm³/mol. The Morgan fingerprint density at radius 1 is 1.36 bits per heavy atom. The van der Waals surface area contributed by atoms with Gasteiger partial charge in [0.2, 0.25) is 0 Å². The molecule has 0 saturated heterocycles. The van der Waals surface area contributed by atoms with Crippen LogP contribution in [-0.4, -0.2) is 12.1 Å². The Bertz CT molecular complexity index is 456. The Morgan fingerprint density at radius 3 is 3.00 bits per heavy atom. The molecule has 0 aliphatic carbocycles. The molecule has 0 unspecified atom stereocenters. The first-order valence-corrected chi connectivity index (χ1v) is 5.13. The van der Waals surface area contributed by atoms with Gasteiger partial charge in [0.15, 0.2) is 0 Å². The molecule has 1 aromatic carbocycles. The summed E-state index contributed by atoms with van der Waals surface area (Å²) in [5.41, 5.74) is 2.11. The number of halogens is 1. The number of methoxy groups -OCH3 is 1. The molecule has 0 saturated carbocycles. The van der Waals surface area contributed by atoms with E-state index in [4.69, 9.17) is 4.74 Å². The molecule has 2 rings (SSSR count). The van der Waals surface area contributed by atoms with Crippen molar-refractivity contribution in [3.05, 3.63) is 40.5 Å². The summed E-state index contributed by atoms with van der Waals surface area (Å²) in [4.78, 5) is 4.35. The molecule has 72 valence electrons. The lowest BCUT2D eigenvalue weighted by atomic mass is 10.1. The normalized spacial score (nSPS) is 10.7. The van der Waals surface area contributed by atoms with Gasteiger partial charge in [0.1, 0.15) is 0 Å². The first-order chi connectivity index (χ1) is 6.83. The summed E-state index contributed by atoms with van der Waals surface area (Å²) in [7, 11) is 1.69. The van der Waals surface area contributed by atoms with E-state index in [0.717, 1.165) is 20.9 Å². The van der Waals surface area contributed by atoms with Gasteiger partial charge in [-0.1, -0.05) is 28.1 Å². The molecule has 0 atom stereocenters. The summed E-state index contributed by atoms with van der Waals surface area (Å²) in [6.07, 6.45) is 1.80. The average Bonchev–Trinajstić information content (AvgIpc) is 2.23. The van der Waals surface area contributed by atoms with Crippen molar-refractivity contribution in [1.82, 2.24) is 4.98 Å². The molecule has 0 radical (unpaired) electrons. The molecule has 0 bridgehead atoms. The maximum atomic E-state index is 5.15. The zero-order chi connectivity index (χ0) is 9.97. The Balaban J connectivity index is 2.69. The molecule has 0 amide bonds. The van der Waals surface area contributed by atoms with Crippen molar-refractivity contribution in [3.8, 4) is 0 Å². The smallest absolute Gasteiger partial charge is 0.0768 e. The number of pyridine rings is 1. The Hall–Kier alpha value is -0.930. The molecule has 1 heterocycles. The van der Waals surface area contributed by atoms with Crippen LogP contribution in [0.5, 0.6) is 0 Å². The van der Waals surface area contributed by atoms with E-state index in [1.165, 1.54) is 0 Å². The van der Waals surface area contributed by atoms with Crippen molar-refractivity contribution >= 4 is 26.8 Å². The van der Waals surface area contributed by atoms with E-state index in [9.17, 15) is 0 Å². The first kappa shape index (κ1) is 9.62. The topological polar surface area (TPSA) is 22.1 Å². The van der Waals surface area contributed by atoms with Crippen molar-refractivity contribution in [2.45, 2.75) is 6.61 Å². The third-order valence-corrected chi connectivity index (χ3v) is 2.85. The summed E-state index contributed by atoms with van der Waals surface area (Å²) in [5.74, 6) is 0. The van der Waals surface area contributed by atoms with Crippen molar-refractivity contribution < 1.29 is 4.74 Å². The number of hydrogen-bond donors (Lipinski definition) is 0. The van der Waals surface area contributed by atoms with E-state index in [1.54, 1.807) is 13.3 Å². The van der Waals surface area contributed by atoms with Gasteiger partial charge in [0.25, 0.3) is 0 Å². The Labute approximate surface area is 91.0 Å². The van der Waals surface area contributed by atoms with Crippen LogP contribution in [0.25, 0.3) is 10.9 Å². The van der Waals surface area contributed by atoms with Crippen LogP contribution in [0.4, 0.5) is 0 Å². The fraction of sp³-hybridized carbons (Fsp3) is 0.182. The monoisotopic (exact) mass is 251 g/mol. The number of fused-ring (bicyclic) bond motifs is 1. The maximum absolute atomic E-state index is 5.15. The standard InChI is InChI=1S/C11H10BrNO/c1-14-7-9-10(12)5-4-8-3-2-6-13-11(8)9/h2-6H,7H2,1H3. The highest BCUT2D eigenvalue weighted by Crippen LogP contribution is 2.25. The third-order valence-electron chi connectivity index (χ3n) is 2.11. The number of benzene rings is 1. The van der Waals surface area contributed by atoms with Gasteiger partial charge < -0.3 is 4.74 Å². The second-order valence-corrected chi connectivity index (χ2v) is 3.89. The van der Waals surface area contributed by atoms with E-state index < -0.39 is 0 Å². The van der Waals surface area contributed by atoms with Crippen molar-refractivity contribution in [1.29, 1.82) is 0 Å². The largest absolute Gasteiger partial charge is 0.380 e. The Kier molecular flexibility index (Phi) is 2.79. The minimum atomic E-state index is 0.578. The van der Waals surface area contributed by atoms with E-state index in [1.807, 2.05) is 24.3 Å². The fourth-order valence-corrected chi connectivity index (χ4v) is 1.90. The lowest BCUT2D eigenvalue weighted by Crippen LogP contribution is -1.92. The van der Waals surface area contributed by atoms with Crippen molar-refractivity contribution in [3.63, 3.8) is 0 Å². The van der Waals surface area contributed by atoms with Gasteiger partial charge in [-0.2, -0.15) is 0 Å². The van der Waals surface area contributed by atoms with Crippen LogP contribution < -0.4 is 0 Å². The van der Waals surface area contributed by atoms with Crippen LogP contribution in [0.15, 0.2) is 34.9 Å². The lowest BCUT2D eigenvalue weighted by molar-refractivity contribution is 0.185. The van der Waals surface area contributed by atoms with Gasteiger partial charge in [0.05, 0.1) is 12.1 Å². The van der Waals surface area contributed by atoms with Gasteiger partial charge >= 0.3 is 0 Å². The number of aromatic nitrogens is 1. The van der Waals surface area contributed by atoms with E-state index >= 15 is 0 Å². The van der Waals surface area contributed by atoms with Gasteiger partial charge in [0, 0.05) is 28.7 Å². The second kappa shape index (κ2) is 4.07. The lowest BCUT2D eigenvalue weighted by Gasteiger charge is -2.06. The number of ether oxygens (including phenoxy) is 1. The third kappa shape index (κ3) is 1.65. The summed E-state index contributed by atoms with van der Waals surface area (Å²) in [6.45, 7) is 0.578. The number of hydrogen-bond acceptors (Lipinski definition) is 2. The van der Waals surface area contributed by atoms with E-state index in [2.05, 4.69) is 20.9 Å². The average molecular weight is 252 g/mol. The maximum Gasteiger partial charge on any atom is 0.0768 e. The SMILES string of the molecule is COCc1c(Br)ccc2cccnc12. The zero-order valence-corrected chi connectivity index (χ0v) is 9.41. The van der Waals surface area contributed by atoms with Gasteiger partial charge in [-0.15, -0.1) is 0 Å². The minimum absolute atomic E-state index is 0.578. The van der Waals surface area contributed by atoms with Crippen LogP contribution in [0, 0.1) is 0 Å². The molecule has 14 heavy (non-hydrogen) atoms. The summed E-state index contributed by atoms with van der Waals surface area (Å²) < 4.78 is 6.19. The molecule has 1 aromatic heterocycles. The summed E-state index contributed by atoms with van der Waals surface area (Å²) in [5, 5.41) is 1.14. The zero-order valence-electron chi connectivity index (χ0n) is 7.83. The highest BCUT2D eigenvalue weighted by Gasteiger charge is 2.05.